The van der Waals surface area contributed by atoms with Crippen LogP contribution in [0.4, 0.5) is 0 Å². The summed E-state index contributed by atoms with van der Waals surface area (Å²) in [7, 11) is 0. The second kappa shape index (κ2) is 8.74. The summed E-state index contributed by atoms with van der Waals surface area (Å²) >= 11 is 0. The molecule has 3 aromatic rings. The van der Waals surface area contributed by atoms with Crippen LogP contribution in [0, 0.1) is 25.7 Å². The fourth-order valence-corrected chi connectivity index (χ4v) is 5.60. The fraction of sp³-hybridized carbons (Fsp3) is 0.464. The molecule has 4 heteroatoms. The minimum atomic E-state index is -0.868. The van der Waals surface area contributed by atoms with E-state index in [-0.39, 0.29) is 0 Å². The first-order chi connectivity index (χ1) is 15.5. The molecule has 2 N–H and O–H groups in total. The quantitative estimate of drug-likeness (QED) is 0.455. The molecule has 2 saturated carbocycles. The first-order valence-electron chi connectivity index (χ1n) is 12.0. The summed E-state index contributed by atoms with van der Waals surface area (Å²) in [6.07, 6.45) is 9.30. The zero-order chi connectivity index (χ0) is 22.2. The molecule has 168 valence electrons. The van der Waals surface area contributed by atoms with Crippen LogP contribution < -0.4 is 0 Å². The topological polar surface area (TPSA) is 62.3 Å². The average molecular weight is 432 g/mol. The summed E-state index contributed by atoms with van der Waals surface area (Å²) in [5, 5.41) is 10.7. The molecule has 32 heavy (non-hydrogen) atoms. The van der Waals surface area contributed by atoms with Gasteiger partial charge in [-0.2, -0.15) is 0 Å². The summed E-state index contributed by atoms with van der Waals surface area (Å²) in [5.74, 6) is 0.807. The lowest BCUT2D eigenvalue weighted by Gasteiger charge is -2.37. The van der Waals surface area contributed by atoms with E-state index in [1.807, 2.05) is 18.3 Å². The molecular formula is C28H33NO3. The number of nitrogens with one attached hydrogen (secondary N) is 1. The van der Waals surface area contributed by atoms with Gasteiger partial charge in [-0.15, -0.1) is 0 Å². The highest BCUT2D eigenvalue weighted by Crippen LogP contribution is 2.43. The molecule has 2 aliphatic carbocycles. The molecule has 3 atom stereocenters. The Morgan fingerprint density at radius 3 is 2.56 bits per heavy atom. The Balaban J connectivity index is 1.43. The average Bonchev–Trinajstić information content (AvgIpc) is 3.49. The van der Waals surface area contributed by atoms with Crippen LogP contribution in [0.2, 0.25) is 0 Å². The SMILES string of the molecule is Cc1cc(C)c2[nH]ccc2c1C[C@@H]1CC[C@H](OCC2CC2)C[C@H]1c1ccc(C(=O)O)cc1. The third kappa shape index (κ3) is 4.33. The smallest absolute Gasteiger partial charge is 0.335 e. The van der Waals surface area contributed by atoms with Crippen molar-refractivity contribution in [1.29, 1.82) is 0 Å². The second-order valence-corrected chi connectivity index (χ2v) is 9.96. The van der Waals surface area contributed by atoms with Crippen molar-refractivity contribution in [3.63, 3.8) is 0 Å². The molecule has 0 spiro atoms. The van der Waals surface area contributed by atoms with E-state index in [0.29, 0.717) is 23.5 Å². The highest BCUT2D eigenvalue weighted by molar-refractivity contribution is 5.88. The van der Waals surface area contributed by atoms with Crippen molar-refractivity contribution < 1.29 is 14.6 Å². The Kier molecular flexibility index (Phi) is 5.81. The maximum Gasteiger partial charge on any atom is 0.335 e. The third-order valence-electron chi connectivity index (χ3n) is 7.64. The molecule has 2 fully saturated rings. The molecular weight excluding hydrogens is 398 g/mol. The summed E-state index contributed by atoms with van der Waals surface area (Å²) in [6, 6.07) is 12.1. The minimum Gasteiger partial charge on any atom is -0.478 e. The second-order valence-electron chi connectivity index (χ2n) is 9.96. The van der Waals surface area contributed by atoms with Crippen molar-refractivity contribution in [2.45, 2.75) is 64.4 Å². The zero-order valence-corrected chi connectivity index (χ0v) is 19.1. The van der Waals surface area contributed by atoms with Gasteiger partial charge in [-0.3, -0.25) is 0 Å². The van der Waals surface area contributed by atoms with E-state index < -0.39 is 5.97 Å². The lowest BCUT2D eigenvalue weighted by Crippen LogP contribution is -2.30. The van der Waals surface area contributed by atoms with E-state index in [9.17, 15) is 9.90 Å². The number of carboxylic acids is 1. The van der Waals surface area contributed by atoms with Gasteiger partial charge in [-0.25, -0.2) is 4.79 Å². The number of aromatic nitrogens is 1. The van der Waals surface area contributed by atoms with E-state index >= 15 is 0 Å². The van der Waals surface area contributed by atoms with Crippen LogP contribution in [-0.2, 0) is 11.2 Å². The summed E-state index contributed by atoms with van der Waals surface area (Å²) in [5.41, 5.74) is 6.95. The number of benzene rings is 2. The number of fused-ring (bicyclic) bond motifs is 1. The monoisotopic (exact) mass is 431 g/mol. The third-order valence-corrected chi connectivity index (χ3v) is 7.64. The van der Waals surface area contributed by atoms with Gasteiger partial charge in [0.15, 0.2) is 0 Å². The number of rotatable bonds is 7. The lowest BCUT2D eigenvalue weighted by molar-refractivity contribution is 0.00485. The van der Waals surface area contributed by atoms with Crippen LogP contribution in [0.3, 0.4) is 0 Å². The number of hydrogen-bond acceptors (Lipinski definition) is 2. The maximum atomic E-state index is 11.3. The Bertz CT molecular complexity index is 1110. The lowest BCUT2D eigenvalue weighted by atomic mass is 9.71. The van der Waals surface area contributed by atoms with Gasteiger partial charge in [0.1, 0.15) is 0 Å². The number of ether oxygens (including phenoxy) is 1. The molecule has 0 radical (unpaired) electrons. The van der Waals surface area contributed by atoms with Gasteiger partial charge in [-0.1, -0.05) is 18.2 Å². The molecule has 0 saturated heterocycles. The minimum absolute atomic E-state index is 0.308. The Morgan fingerprint density at radius 1 is 1.06 bits per heavy atom. The maximum absolute atomic E-state index is 11.3. The normalized spacial score (nSPS) is 23.5. The number of carboxylic acid groups (broad SMARTS) is 1. The molecule has 2 aliphatic rings. The standard InChI is InChI=1S/C28H33NO3/c1-17-13-18(2)27-24(11-12-29-27)25(17)14-22-9-10-23(32-16-19-3-4-19)15-26(22)20-5-7-21(8-6-20)28(30)31/h5-8,11-13,19,22-23,26,29H,3-4,9-10,14-16H2,1-2H3,(H,30,31)/t22-,23-,26-/m0/s1. The molecule has 1 heterocycles. The molecule has 4 nitrogen and oxygen atoms in total. The Labute approximate surface area is 190 Å². The number of aromatic carboxylic acids is 1. The molecule has 5 rings (SSSR count). The number of aryl methyl sites for hydroxylation is 2. The summed E-state index contributed by atoms with van der Waals surface area (Å²) < 4.78 is 6.32. The van der Waals surface area contributed by atoms with E-state index in [4.69, 9.17) is 4.74 Å². The van der Waals surface area contributed by atoms with Crippen molar-refractivity contribution in [3.05, 3.63) is 70.4 Å². The van der Waals surface area contributed by atoms with Crippen molar-refractivity contribution in [3.8, 4) is 0 Å². The number of aromatic amines is 1. The highest BCUT2D eigenvalue weighted by atomic mass is 16.5. The van der Waals surface area contributed by atoms with E-state index in [2.05, 4.69) is 31.0 Å². The predicted octanol–water partition coefficient (Wildman–Crippen LogP) is 6.40. The van der Waals surface area contributed by atoms with Gasteiger partial charge >= 0.3 is 5.97 Å². The number of carbonyl (C=O) groups is 1. The number of hydrogen-bond donors (Lipinski definition) is 2. The van der Waals surface area contributed by atoms with Gasteiger partial charge in [0.25, 0.3) is 0 Å². The summed E-state index contributed by atoms with van der Waals surface area (Å²) in [4.78, 5) is 14.8. The summed E-state index contributed by atoms with van der Waals surface area (Å²) in [6.45, 7) is 5.31. The van der Waals surface area contributed by atoms with Gasteiger partial charge in [0, 0.05) is 23.7 Å². The van der Waals surface area contributed by atoms with Gasteiger partial charge in [0.05, 0.1) is 11.7 Å². The fourth-order valence-electron chi connectivity index (χ4n) is 5.60. The Morgan fingerprint density at radius 2 is 1.84 bits per heavy atom. The van der Waals surface area contributed by atoms with Crippen LogP contribution in [0.25, 0.3) is 10.9 Å². The molecule has 0 unspecified atom stereocenters. The van der Waals surface area contributed by atoms with E-state index in [1.54, 1.807) is 12.1 Å². The molecule has 0 bridgehead atoms. The van der Waals surface area contributed by atoms with Crippen LogP contribution >= 0.6 is 0 Å². The van der Waals surface area contributed by atoms with Gasteiger partial charge < -0.3 is 14.8 Å². The van der Waals surface area contributed by atoms with Crippen LogP contribution in [-0.4, -0.2) is 28.8 Å². The first-order valence-corrected chi connectivity index (χ1v) is 12.0. The number of H-pyrrole nitrogens is 1. The predicted molar refractivity (Wildman–Crippen MR) is 127 cm³/mol. The molecule has 0 amide bonds. The molecule has 0 aliphatic heterocycles. The van der Waals surface area contributed by atoms with Gasteiger partial charge in [0.2, 0.25) is 0 Å². The van der Waals surface area contributed by atoms with Gasteiger partial charge in [-0.05, 0) is 111 Å². The van der Waals surface area contributed by atoms with E-state index in [0.717, 1.165) is 38.2 Å². The molecule has 2 aromatic carbocycles. The molecule has 1 aromatic heterocycles. The largest absolute Gasteiger partial charge is 0.478 e. The van der Waals surface area contributed by atoms with Crippen LogP contribution in [0.1, 0.15) is 70.6 Å². The van der Waals surface area contributed by atoms with Crippen molar-refractivity contribution in [1.82, 2.24) is 4.98 Å². The van der Waals surface area contributed by atoms with Crippen molar-refractivity contribution in [2.24, 2.45) is 11.8 Å². The van der Waals surface area contributed by atoms with Crippen molar-refractivity contribution >= 4 is 16.9 Å². The van der Waals surface area contributed by atoms with Crippen LogP contribution in [0.15, 0.2) is 42.6 Å². The highest BCUT2D eigenvalue weighted by Gasteiger charge is 2.34. The first kappa shape index (κ1) is 21.3. The Hall–Kier alpha value is -2.59. The van der Waals surface area contributed by atoms with Crippen molar-refractivity contribution in [2.75, 3.05) is 6.61 Å². The zero-order valence-electron chi connectivity index (χ0n) is 19.1. The van der Waals surface area contributed by atoms with Crippen LogP contribution in [0.5, 0.6) is 0 Å². The van der Waals surface area contributed by atoms with E-state index in [1.165, 1.54) is 46.0 Å².